The first-order chi connectivity index (χ1) is 1.73. The molecule has 0 saturated carbocycles. The van der Waals surface area contributed by atoms with Gasteiger partial charge in [0, 0.05) is 0 Å². The van der Waals surface area contributed by atoms with Crippen LogP contribution in [0, 0.1) is 0 Å². The van der Waals surface area contributed by atoms with Gasteiger partial charge in [0.1, 0.15) is 0 Å². The van der Waals surface area contributed by atoms with Gasteiger partial charge in [-0.05, 0) is 0 Å². The Morgan fingerprint density at radius 3 is 2.00 bits per heavy atom. The first-order valence-corrected chi connectivity index (χ1v) is 6.44. The zero-order chi connectivity index (χ0) is 3.58. The van der Waals surface area contributed by atoms with Crippen molar-refractivity contribution < 1.29 is 18.0 Å². The van der Waals surface area contributed by atoms with Crippen LogP contribution in [0.4, 0.5) is 0 Å². The van der Waals surface area contributed by atoms with E-state index in [0.717, 1.165) is 0 Å². The van der Waals surface area contributed by atoms with Gasteiger partial charge in [-0.25, -0.2) is 0 Å². The van der Waals surface area contributed by atoms with Crippen molar-refractivity contribution in [3.8, 4) is 0 Å². The monoisotopic (exact) mass is 265 g/mol. The fraction of sp³-hybridized carbons (Fsp3) is 0. The predicted octanol–water partition coefficient (Wildman–Crippen LogP) is 0.436. The van der Waals surface area contributed by atoms with E-state index in [1.807, 2.05) is 0 Å². The van der Waals surface area contributed by atoms with Crippen molar-refractivity contribution in [3.63, 3.8) is 0 Å². The topological polar surface area (TPSA) is 26.0 Å². The van der Waals surface area contributed by atoms with E-state index in [2.05, 4.69) is 11.7 Å². The molecule has 0 aliphatic heterocycles. The third-order valence-electron chi connectivity index (χ3n) is 0. The molecule has 0 aromatic heterocycles. The number of rotatable bonds is 0. The Morgan fingerprint density at radius 1 is 2.00 bits per heavy atom. The number of hydrogen-bond acceptors (Lipinski definition) is 2. The minimum absolute atomic E-state index is 0.0833. The first-order valence-electron chi connectivity index (χ1n) is 0.585. The summed E-state index contributed by atoms with van der Waals surface area (Å²) in [5.41, 5.74) is 0. The zero-order valence-corrected chi connectivity index (χ0v) is 6.49. The van der Waals surface area contributed by atoms with Crippen molar-refractivity contribution in [2.24, 2.45) is 5.14 Å². The summed E-state index contributed by atoms with van der Waals surface area (Å²) in [6.45, 7) is 0. The summed E-state index contributed by atoms with van der Waals surface area (Å²) in [4.78, 5) is 0. The maximum absolute atomic E-state index is 5.04. The van der Waals surface area contributed by atoms with Gasteiger partial charge in [-0.3, -0.25) is 0 Å². The van der Waals surface area contributed by atoms with E-state index < -0.39 is 0 Å². The molecule has 2 N–H and O–H groups in total. The first kappa shape index (κ1) is 5.35. The van der Waals surface area contributed by atoms with Crippen LogP contribution >= 0.6 is 19.0 Å². The van der Waals surface area contributed by atoms with E-state index in [-0.39, 0.29) is 7.31 Å². The molecule has 4 heavy (non-hydrogen) atoms. The summed E-state index contributed by atoms with van der Waals surface area (Å²) in [5.74, 6) is 0. The van der Waals surface area contributed by atoms with Gasteiger partial charge in [-0.1, -0.05) is 0 Å². The molecule has 0 heterocycles. The Balaban J connectivity index is 2.80. The van der Waals surface area contributed by atoms with E-state index >= 15 is 0 Å². The standard InChI is InChI=1S/H3NS2.W/c1-3-2;/h2H,1H2;. The quantitative estimate of drug-likeness (QED) is 0.482. The van der Waals surface area contributed by atoms with E-state index in [1.165, 1.54) is 18.0 Å². The summed E-state index contributed by atoms with van der Waals surface area (Å²) >= 11 is 5.15. The average Bonchev–Trinajstić information content (AvgIpc) is 0.811. The van der Waals surface area contributed by atoms with E-state index in [1.54, 1.807) is 0 Å². The SMILES string of the molecule is N[S](S)=[W]. The zero-order valence-electron chi connectivity index (χ0n) is 1.84. The van der Waals surface area contributed by atoms with Gasteiger partial charge in [0.2, 0.25) is 0 Å². The van der Waals surface area contributed by atoms with Crippen molar-refractivity contribution in [2.75, 3.05) is 0 Å². The second-order valence-corrected chi connectivity index (χ2v) is 8.80. The molecule has 1 nitrogen and oxygen atoms in total. The molecule has 0 spiro atoms. The van der Waals surface area contributed by atoms with Crippen LogP contribution in [0.1, 0.15) is 0 Å². The van der Waals surface area contributed by atoms with Gasteiger partial charge >= 0.3 is 42.1 Å². The Morgan fingerprint density at radius 2 is 2.00 bits per heavy atom. The second kappa shape index (κ2) is 2.58. The van der Waals surface area contributed by atoms with Crippen molar-refractivity contribution in [1.29, 1.82) is 0 Å². The van der Waals surface area contributed by atoms with Crippen molar-refractivity contribution in [3.05, 3.63) is 0 Å². The molecule has 0 aromatic rings. The van der Waals surface area contributed by atoms with E-state index in [9.17, 15) is 0 Å². The molecule has 0 amide bonds. The molecule has 0 aromatic carbocycles. The predicted molar refractivity (Wildman–Crippen MR) is 20.8 cm³/mol. The molecule has 1 atom stereocenters. The van der Waals surface area contributed by atoms with Crippen molar-refractivity contribution in [2.45, 2.75) is 0 Å². The molecular formula is H3NS2W. The second-order valence-electron chi connectivity index (χ2n) is 0.276. The molecule has 0 radical (unpaired) electrons. The van der Waals surface area contributed by atoms with Crippen LogP contribution in [-0.4, -0.2) is 0 Å². The minimum atomic E-state index is -0.0833. The summed E-state index contributed by atoms with van der Waals surface area (Å²) < 4.78 is 0. The van der Waals surface area contributed by atoms with Gasteiger partial charge < -0.3 is 0 Å². The molecule has 4 heteroatoms. The van der Waals surface area contributed by atoms with Gasteiger partial charge in [0.15, 0.2) is 0 Å². The van der Waals surface area contributed by atoms with Crippen LogP contribution in [0.2, 0.25) is 0 Å². The van der Waals surface area contributed by atoms with Gasteiger partial charge in [-0.2, -0.15) is 0 Å². The Hall–Kier alpha value is 1.35. The van der Waals surface area contributed by atoms with Gasteiger partial charge in [0.25, 0.3) is 0 Å². The van der Waals surface area contributed by atoms with Crippen LogP contribution in [-0.2, 0) is 18.0 Å². The summed E-state index contributed by atoms with van der Waals surface area (Å²) in [6, 6.07) is 0. The Kier molecular flexibility index (Phi) is 3.45. The molecule has 0 aliphatic carbocycles. The molecule has 0 bridgehead atoms. The Labute approximate surface area is 42.2 Å². The number of hydrogen-bond donors (Lipinski definition) is 2. The molecule has 26 valence electrons. The summed E-state index contributed by atoms with van der Waals surface area (Å²) in [6.07, 6.45) is 0. The van der Waals surface area contributed by atoms with E-state index in [0.29, 0.717) is 0 Å². The van der Waals surface area contributed by atoms with Crippen LogP contribution < -0.4 is 5.14 Å². The fourth-order valence-corrected chi connectivity index (χ4v) is 0. The van der Waals surface area contributed by atoms with Crippen molar-refractivity contribution in [1.82, 2.24) is 0 Å². The molecule has 0 saturated heterocycles. The molecule has 0 rings (SSSR count). The molecule has 1 unspecified atom stereocenters. The summed E-state index contributed by atoms with van der Waals surface area (Å²) in [5, 5.41) is 5.04. The average molecular weight is 265 g/mol. The maximum atomic E-state index is 5.04. The third kappa shape index (κ3) is 10.2. The third-order valence-corrected chi connectivity index (χ3v) is 0. The van der Waals surface area contributed by atoms with Gasteiger partial charge in [0.05, 0.1) is 0 Å². The normalized spacial score (nSPS) is 15.5. The number of thiol groups is 1. The van der Waals surface area contributed by atoms with Crippen LogP contribution in [0.15, 0.2) is 0 Å². The van der Waals surface area contributed by atoms with E-state index in [4.69, 9.17) is 5.14 Å². The fourth-order valence-electron chi connectivity index (χ4n) is 0. The van der Waals surface area contributed by atoms with Crippen LogP contribution in [0.5, 0.6) is 0 Å². The molecular weight excluding hydrogens is 262 g/mol. The summed E-state index contributed by atoms with van der Waals surface area (Å²) in [7, 11) is -0.0833. The molecule has 0 fully saturated rings. The molecule has 0 aliphatic rings. The van der Waals surface area contributed by atoms with Crippen molar-refractivity contribution >= 4 is 19.0 Å². The van der Waals surface area contributed by atoms with Crippen LogP contribution in [0.25, 0.3) is 0 Å². The number of nitrogens with two attached hydrogens (primary N) is 1. The van der Waals surface area contributed by atoms with Crippen LogP contribution in [0.3, 0.4) is 0 Å². The van der Waals surface area contributed by atoms with Gasteiger partial charge in [-0.15, -0.1) is 0 Å². The Bertz CT molecular complexity index is 29.0.